The Bertz CT molecular complexity index is 967. The molecule has 2 atom stereocenters. The van der Waals surface area contributed by atoms with Crippen molar-refractivity contribution in [3.8, 4) is 6.07 Å². The van der Waals surface area contributed by atoms with Crippen LogP contribution in [0.5, 0.6) is 0 Å². The van der Waals surface area contributed by atoms with Gasteiger partial charge < -0.3 is 10.1 Å². The van der Waals surface area contributed by atoms with Crippen molar-refractivity contribution in [2.75, 3.05) is 18.4 Å². The summed E-state index contributed by atoms with van der Waals surface area (Å²) in [4.78, 5) is 12.5. The molecular formula is C18H19N3O4S2. The molecule has 1 aromatic carbocycles. The number of anilines is 1. The fourth-order valence-corrected chi connectivity index (χ4v) is 5.25. The van der Waals surface area contributed by atoms with E-state index < -0.39 is 15.9 Å². The Hall–Kier alpha value is -2.25. The van der Waals surface area contributed by atoms with E-state index in [2.05, 4.69) is 5.32 Å². The Labute approximate surface area is 162 Å². The van der Waals surface area contributed by atoms with E-state index in [-0.39, 0.29) is 17.1 Å². The molecular weight excluding hydrogens is 386 g/mol. The summed E-state index contributed by atoms with van der Waals surface area (Å²) >= 11 is 1.25. The van der Waals surface area contributed by atoms with E-state index in [0.717, 1.165) is 0 Å². The van der Waals surface area contributed by atoms with Gasteiger partial charge in [0.2, 0.25) is 10.0 Å². The number of sulfonamides is 1. The summed E-state index contributed by atoms with van der Waals surface area (Å²) in [6.07, 6.45) is -0.345. The minimum atomic E-state index is -3.65. The Balaban J connectivity index is 1.76. The van der Waals surface area contributed by atoms with Crippen LogP contribution >= 0.6 is 11.3 Å². The molecule has 1 aromatic heterocycles. The van der Waals surface area contributed by atoms with E-state index >= 15 is 0 Å². The number of nitriles is 1. The number of rotatable bonds is 4. The lowest BCUT2D eigenvalue weighted by molar-refractivity contribution is -0.0440. The van der Waals surface area contributed by atoms with Gasteiger partial charge in [-0.05, 0) is 49.6 Å². The zero-order valence-electron chi connectivity index (χ0n) is 14.9. The summed E-state index contributed by atoms with van der Waals surface area (Å²) < 4.78 is 32.7. The van der Waals surface area contributed by atoms with Gasteiger partial charge in [0.1, 0.15) is 11.1 Å². The van der Waals surface area contributed by atoms with Crippen molar-refractivity contribution in [1.29, 1.82) is 5.26 Å². The van der Waals surface area contributed by atoms with Crippen molar-refractivity contribution >= 4 is 32.3 Å². The van der Waals surface area contributed by atoms with Crippen LogP contribution in [0.1, 0.15) is 29.8 Å². The summed E-state index contributed by atoms with van der Waals surface area (Å²) in [5, 5.41) is 13.9. The van der Waals surface area contributed by atoms with Gasteiger partial charge in [-0.15, -0.1) is 11.3 Å². The number of hydrogen-bond acceptors (Lipinski definition) is 6. The number of carbonyl (C=O) groups is 1. The highest BCUT2D eigenvalue weighted by Gasteiger charge is 2.32. The molecule has 2 aromatic rings. The predicted octanol–water partition coefficient (Wildman–Crippen LogP) is 2.67. The summed E-state index contributed by atoms with van der Waals surface area (Å²) in [6, 6.07) is 9.42. The molecule has 2 heterocycles. The summed E-state index contributed by atoms with van der Waals surface area (Å²) in [5.74, 6) is -0.397. The van der Waals surface area contributed by atoms with Crippen LogP contribution in [0, 0.1) is 11.3 Å². The molecule has 1 fully saturated rings. The van der Waals surface area contributed by atoms with Gasteiger partial charge in [-0.3, -0.25) is 4.79 Å². The molecule has 1 N–H and O–H groups in total. The number of nitrogens with one attached hydrogen (secondary N) is 1. The number of carbonyl (C=O) groups excluding carboxylic acids is 1. The monoisotopic (exact) mass is 405 g/mol. The van der Waals surface area contributed by atoms with Crippen LogP contribution in [0.3, 0.4) is 0 Å². The van der Waals surface area contributed by atoms with E-state index in [0.29, 0.717) is 29.2 Å². The third-order valence-electron chi connectivity index (χ3n) is 4.15. The van der Waals surface area contributed by atoms with Gasteiger partial charge in [0.15, 0.2) is 0 Å². The zero-order valence-corrected chi connectivity index (χ0v) is 16.5. The molecule has 142 valence electrons. The molecule has 0 bridgehead atoms. The standard InChI is InChI=1S/C18H19N3O4S2/c1-12-10-21(11-13(2)25-12)27(23,24)16-5-3-14(4-6-16)17(22)20-18-15(9-19)7-8-26-18/h3-8,12-13H,10-11H2,1-2H3,(H,20,22)/t12-,13-/m1/s1. The second-order valence-corrected chi connectivity index (χ2v) is 9.19. The molecule has 27 heavy (non-hydrogen) atoms. The Kier molecular flexibility index (Phi) is 5.62. The van der Waals surface area contributed by atoms with Crippen molar-refractivity contribution in [3.05, 3.63) is 46.8 Å². The van der Waals surface area contributed by atoms with E-state index in [9.17, 15) is 13.2 Å². The molecule has 0 spiro atoms. The molecule has 0 aliphatic carbocycles. The lowest BCUT2D eigenvalue weighted by Gasteiger charge is -2.34. The second-order valence-electron chi connectivity index (χ2n) is 6.33. The zero-order chi connectivity index (χ0) is 19.6. The van der Waals surface area contributed by atoms with Gasteiger partial charge in [0, 0.05) is 18.7 Å². The minimum absolute atomic E-state index is 0.134. The number of ether oxygens (including phenoxy) is 1. The molecule has 1 aliphatic heterocycles. The predicted molar refractivity (Wildman–Crippen MR) is 102 cm³/mol. The molecule has 1 amide bonds. The molecule has 1 aliphatic rings. The first-order valence-electron chi connectivity index (χ1n) is 8.36. The highest BCUT2D eigenvalue weighted by molar-refractivity contribution is 7.89. The van der Waals surface area contributed by atoms with Gasteiger partial charge in [-0.25, -0.2) is 8.42 Å². The topological polar surface area (TPSA) is 99.5 Å². The Morgan fingerprint density at radius 3 is 2.44 bits per heavy atom. The van der Waals surface area contributed by atoms with Gasteiger partial charge >= 0.3 is 0 Å². The third-order valence-corrected chi connectivity index (χ3v) is 6.83. The largest absolute Gasteiger partial charge is 0.373 e. The number of benzene rings is 1. The lowest BCUT2D eigenvalue weighted by atomic mass is 10.2. The van der Waals surface area contributed by atoms with Crippen molar-refractivity contribution in [2.45, 2.75) is 31.0 Å². The summed E-state index contributed by atoms with van der Waals surface area (Å²) in [6.45, 7) is 4.27. The van der Waals surface area contributed by atoms with E-state index in [1.165, 1.54) is 39.9 Å². The number of thiophene rings is 1. The first kappa shape index (κ1) is 19.5. The van der Waals surface area contributed by atoms with Crippen molar-refractivity contribution in [3.63, 3.8) is 0 Å². The fourth-order valence-electron chi connectivity index (χ4n) is 2.92. The summed E-state index contributed by atoms with van der Waals surface area (Å²) in [5.41, 5.74) is 0.707. The van der Waals surface area contributed by atoms with Crippen LogP contribution in [-0.4, -0.2) is 43.9 Å². The first-order valence-corrected chi connectivity index (χ1v) is 10.7. The van der Waals surface area contributed by atoms with Crippen molar-refractivity contribution in [1.82, 2.24) is 4.31 Å². The number of amides is 1. The van der Waals surface area contributed by atoms with Gasteiger partial charge in [0.25, 0.3) is 5.91 Å². The third kappa shape index (κ3) is 4.20. The van der Waals surface area contributed by atoms with Crippen LogP contribution in [-0.2, 0) is 14.8 Å². The van der Waals surface area contributed by atoms with E-state index in [4.69, 9.17) is 10.00 Å². The van der Waals surface area contributed by atoms with E-state index in [1.54, 1.807) is 11.4 Å². The SMILES string of the molecule is C[C@@H]1CN(S(=O)(=O)c2ccc(C(=O)Nc3sccc3C#N)cc2)C[C@@H](C)O1. The molecule has 0 unspecified atom stereocenters. The van der Waals surface area contributed by atoms with Crippen LogP contribution in [0.25, 0.3) is 0 Å². The maximum absolute atomic E-state index is 12.8. The number of hydrogen-bond donors (Lipinski definition) is 1. The van der Waals surface area contributed by atoms with Crippen LogP contribution < -0.4 is 5.32 Å². The lowest BCUT2D eigenvalue weighted by Crippen LogP contribution is -2.48. The highest BCUT2D eigenvalue weighted by Crippen LogP contribution is 2.24. The molecule has 9 heteroatoms. The molecule has 1 saturated heterocycles. The second kappa shape index (κ2) is 7.78. The maximum atomic E-state index is 12.8. The van der Waals surface area contributed by atoms with Gasteiger partial charge in [-0.2, -0.15) is 9.57 Å². The van der Waals surface area contributed by atoms with Gasteiger partial charge in [0.05, 0.1) is 22.7 Å². The summed E-state index contributed by atoms with van der Waals surface area (Å²) in [7, 11) is -3.65. The van der Waals surface area contributed by atoms with Crippen LogP contribution in [0.15, 0.2) is 40.6 Å². The van der Waals surface area contributed by atoms with Crippen LogP contribution in [0.4, 0.5) is 5.00 Å². The average molecular weight is 406 g/mol. The van der Waals surface area contributed by atoms with Crippen molar-refractivity contribution < 1.29 is 17.9 Å². The normalized spacial score (nSPS) is 20.8. The number of nitrogens with zero attached hydrogens (tertiary/aromatic N) is 2. The maximum Gasteiger partial charge on any atom is 0.256 e. The minimum Gasteiger partial charge on any atom is -0.373 e. The van der Waals surface area contributed by atoms with Crippen LogP contribution in [0.2, 0.25) is 0 Å². The smallest absolute Gasteiger partial charge is 0.256 e. The molecule has 0 radical (unpaired) electrons. The highest BCUT2D eigenvalue weighted by atomic mass is 32.2. The molecule has 7 nitrogen and oxygen atoms in total. The molecule has 0 saturated carbocycles. The first-order chi connectivity index (χ1) is 12.8. The quantitative estimate of drug-likeness (QED) is 0.843. The fraction of sp³-hybridized carbons (Fsp3) is 0.333. The molecule has 3 rings (SSSR count). The van der Waals surface area contributed by atoms with Crippen molar-refractivity contribution in [2.24, 2.45) is 0 Å². The average Bonchev–Trinajstić information content (AvgIpc) is 3.08. The van der Waals surface area contributed by atoms with E-state index in [1.807, 2.05) is 19.9 Å². The Morgan fingerprint density at radius 2 is 1.85 bits per heavy atom. The van der Waals surface area contributed by atoms with Gasteiger partial charge in [-0.1, -0.05) is 0 Å². The Morgan fingerprint density at radius 1 is 1.22 bits per heavy atom. The number of morpholine rings is 1.